The number of hydrogen-bond acceptors (Lipinski definition) is 2. The monoisotopic (exact) mass is 167 g/mol. The van der Waals surface area contributed by atoms with E-state index in [-0.39, 0.29) is 0 Å². The van der Waals surface area contributed by atoms with Crippen LogP contribution in [0.5, 0.6) is 0 Å². The highest BCUT2D eigenvalue weighted by molar-refractivity contribution is 7.10. The average Bonchev–Trinajstić information content (AvgIpc) is 2.67. The summed E-state index contributed by atoms with van der Waals surface area (Å²) in [6, 6.07) is 4.52. The van der Waals surface area contributed by atoms with E-state index in [2.05, 4.69) is 17.5 Å². The maximum absolute atomic E-state index is 5.99. The molecule has 1 nitrogen and oxygen atoms in total. The lowest BCUT2D eigenvalue weighted by atomic mass is 10.1. The van der Waals surface area contributed by atoms with Crippen LogP contribution < -0.4 is 5.73 Å². The van der Waals surface area contributed by atoms with Crippen LogP contribution in [0.25, 0.3) is 0 Å². The quantitative estimate of drug-likeness (QED) is 0.735. The van der Waals surface area contributed by atoms with Crippen molar-refractivity contribution in [3.05, 3.63) is 22.4 Å². The van der Waals surface area contributed by atoms with Gasteiger partial charge < -0.3 is 5.73 Å². The van der Waals surface area contributed by atoms with Gasteiger partial charge in [-0.2, -0.15) is 0 Å². The van der Waals surface area contributed by atoms with E-state index in [1.54, 1.807) is 11.3 Å². The number of nitrogens with two attached hydrogens (primary N) is 1. The summed E-state index contributed by atoms with van der Waals surface area (Å²) in [5, 5.41) is 2.10. The number of hydrogen-bond donors (Lipinski definition) is 1. The van der Waals surface area contributed by atoms with Crippen molar-refractivity contribution in [1.82, 2.24) is 0 Å². The first-order valence-electron chi connectivity index (χ1n) is 4.15. The second-order valence-electron chi connectivity index (χ2n) is 3.30. The second-order valence-corrected chi connectivity index (χ2v) is 4.28. The van der Waals surface area contributed by atoms with Crippen LogP contribution in [0.3, 0.4) is 0 Å². The van der Waals surface area contributed by atoms with Gasteiger partial charge in [-0.15, -0.1) is 11.3 Å². The molecule has 1 atom stereocenters. The molecule has 2 rings (SSSR count). The fourth-order valence-corrected chi connectivity index (χ4v) is 2.07. The van der Waals surface area contributed by atoms with Gasteiger partial charge >= 0.3 is 0 Å². The van der Waals surface area contributed by atoms with Gasteiger partial charge in [-0.05, 0) is 23.8 Å². The van der Waals surface area contributed by atoms with Gasteiger partial charge in [0, 0.05) is 10.9 Å². The Morgan fingerprint density at radius 3 is 3.00 bits per heavy atom. The van der Waals surface area contributed by atoms with Gasteiger partial charge in [-0.1, -0.05) is 18.9 Å². The molecule has 11 heavy (non-hydrogen) atoms. The van der Waals surface area contributed by atoms with Crippen molar-refractivity contribution in [2.45, 2.75) is 25.3 Å². The van der Waals surface area contributed by atoms with E-state index in [0.29, 0.717) is 6.04 Å². The zero-order valence-electron chi connectivity index (χ0n) is 6.49. The van der Waals surface area contributed by atoms with Crippen LogP contribution >= 0.6 is 11.3 Å². The summed E-state index contributed by atoms with van der Waals surface area (Å²) in [5.41, 5.74) is 5.99. The van der Waals surface area contributed by atoms with Crippen LogP contribution in [0, 0.1) is 5.92 Å². The van der Waals surface area contributed by atoms with Crippen molar-refractivity contribution in [1.29, 1.82) is 0 Å². The summed E-state index contributed by atoms with van der Waals surface area (Å²) in [5.74, 6) is 0.937. The Morgan fingerprint density at radius 2 is 2.45 bits per heavy atom. The third-order valence-corrected chi connectivity index (χ3v) is 3.20. The normalized spacial score (nSPS) is 20.1. The van der Waals surface area contributed by atoms with E-state index in [1.807, 2.05) is 0 Å². The molecule has 0 saturated heterocycles. The Kier molecular flexibility index (Phi) is 1.96. The Balaban J connectivity index is 1.93. The van der Waals surface area contributed by atoms with E-state index in [4.69, 9.17) is 5.73 Å². The molecule has 1 aliphatic carbocycles. The molecule has 0 aliphatic heterocycles. The van der Waals surface area contributed by atoms with Crippen LogP contribution in [0.2, 0.25) is 0 Å². The standard InChI is InChI=1S/C9H13NS/c10-8(6-7-3-4-7)9-2-1-5-11-9/h1-2,5,7-8H,3-4,6,10H2. The van der Waals surface area contributed by atoms with Crippen molar-refractivity contribution >= 4 is 11.3 Å². The summed E-state index contributed by atoms with van der Waals surface area (Å²) in [6.45, 7) is 0. The lowest BCUT2D eigenvalue weighted by Gasteiger charge is -2.06. The average molecular weight is 167 g/mol. The summed E-state index contributed by atoms with van der Waals surface area (Å²) in [6.07, 6.45) is 4.00. The molecule has 2 heteroatoms. The van der Waals surface area contributed by atoms with Gasteiger partial charge in [0.1, 0.15) is 0 Å². The Hall–Kier alpha value is -0.340. The van der Waals surface area contributed by atoms with E-state index in [9.17, 15) is 0 Å². The predicted molar refractivity (Wildman–Crippen MR) is 48.6 cm³/mol. The van der Waals surface area contributed by atoms with Gasteiger partial charge in [-0.25, -0.2) is 0 Å². The molecule has 0 amide bonds. The molecule has 60 valence electrons. The van der Waals surface area contributed by atoms with Gasteiger partial charge in [0.05, 0.1) is 0 Å². The zero-order valence-corrected chi connectivity index (χ0v) is 7.31. The maximum atomic E-state index is 5.99. The summed E-state index contributed by atoms with van der Waals surface area (Å²) in [4.78, 5) is 1.34. The smallest absolute Gasteiger partial charge is 0.0392 e. The van der Waals surface area contributed by atoms with Crippen molar-refractivity contribution in [3.63, 3.8) is 0 Å². The summed E-state index contributed by atoms with van der Waals surface area (Å²) >= 11 is 1.78. The third kappa shape index (κ3) is 1.82. The van der Waals surface area contributed by atoms with Crippen LogP contribution in [-0.2, 0) is 0 Å². The van der Waals surface area contributed by atoms with Crippen molar-refractivity contribution in [3.8, 4) is 0 Å². The SMILES string of the molecule is NC(CC1CC1)c1cccs1. The zero-order chi connectivity index (χ0) is 7.68. The molecule has 0 spiro atoms. The van der Waals surface area contributed by atoms with Gasteiger partial charge in [0.15, 0.2) is 0 Å². The van der Waals surface area contributed by atoms with Gasteiger partial charge in [0.2, 0.25) is 0 Å². The summed E-state index contributed by atoms with van der Waals surface area (Å²) in [7, 11) is 0. The second kappa shape index (κ2) is 2.95. The van der Waals surface area contributed by atoms with Crippen molar-refractivity contribution < 1.29 is 0 Å². The lowest BCUT2D eigenvalue weighted by molar-refractivity contribution is 0.605. The fourth-order valence-electron chi connectivity index (χ4n) is 1.33. The van der Waals surface area contributed by atoms with Crippen molar-refractivity contribution in [2.75, 3.05) is 0 Å². The first-order valence-corrected chi connectivity index (χ1v) is 5.03. The molecule has 1 fully saturated rings. The first kappa shape index (κ1) is 7.32. The molecule has 1 saturated carbocycles. The molecule has 1 aliphatic rings. The Labute approximate surface area is 71.2 Å². The van der Waals surface area contributed by atoms with Gasteiger partial charge in [-0.3, -0.25) is 0 Å². The molecule has 1 heterocycles. The highest BCUT2D eigenvalue weighted by atomic mass is 32.1. The minimum atomic E-state index is 0.308. The molecule has 1 aromatic rings. The van der Waals surface area contributed by atoms with Crippen molar-refractivity contribution in [2.24, 2.45) is 11.7 Å². The summed E-state index contributed by atoms with van der Waals surface area (Å²) < 4.78 is 0. The van der Waals surface area contributed by atoms with Crippen LogP contribution in [0.15, 0.2) is 17.5 Å². The molecule has 0 bridgehead atoms. The van der Waals surface area contributed by atoms with Crippen LogP contribution in [0.1, 0.15) is 30.2 Å². The van der Waals surface area contributed by atoms with Crippen LogP contribution in [0.4, 0.5) is 0 Å². The molecular weight excluding hydrogens is 154 g/mol. The molecular formula is C9H13NS. The molecule has 0 aromatic carbocycles. The molecule has 1 unspecified atom stereocenters. The first-order chi connectivity index (χ1) is 5.36. The minimum absolute atomic E-state index is 0.308. The number of rotatable bonds is 3. The topological polar surface area (TPSA) is 26.0 Å². The van der Waals surface area contributed by atoms with E-state index in [1.165, 1.54) is 24.1 Å². The number of thiophene rings is 1. The minimum Gasteiger partial charge on any atom is -0.323 e. The molecule has 0 radical (unpaired) electrons. The van der Waals surface area contributed by atoms with E-state index >= 15 is 0 Å². The predicted octanol–water partition coefficient (Wildman–Crippen LogP) is 2.55. The highest BCUT2D eigenvalue weighted by Gasteiger charge is 2.24. The maximum Gasteiger partial charge on any atom is 0.0392 e. The molecule has 1 aromatic heterocycles. The Bertz CT molecular complexity index is 213. The van der Waals surface area contributed by atoms with E-state index in [0.717, 1.165) is 5.92 Å². The molecule has 2 N–H and O–H groups in total. The van der Waals surface area contributed by atoms with E-state index < -0.39 is 0 Å². The lowest BCUT2D eigenvalue weighted by Crippen LogP contribution is -2.08. The highest BCUT2D eigenvalue weighted by Crippen LogP contribution is 2.37. The van der Waals surface area contributed by atoms with Gasteiger partial charge in [0.25, 0.3) is 0 Å². The largest absolute Gasteiger partial charge is 0.323 e. The fraction of sp³-hybridized carbons (Fsp3) is 0.556. The van der Waals surface area contributed by atoms with Crippen LogP contribution in [-0.4, -0.2) is 0 Å². The third-order valence-electron chi connectivity index (χ3n) is 2.19. The Morgan fingerprint density at radius 1 is 1.64 bits per heavy atom.